The third-order valence-electron chi connectivity index (χ3n) is 2.37. The van der Waals surface area contributed by atoms with E-state index in [9.17, 15) is 13.2 Å². The lowest BCUT2D eigenvalue weighted by Crippen LogP contribution is -2.12. The van der Waals surface area contributed by atoms with Crippen LogP contribution in [0.2, 0.25) is 0 Å². The first-order valence-corrected chi connectivity index (χ1v) is 6.03. The van der Waals surface area contributed by atoms with Crippen LogP contribution in [0.25, 0.3) is 16.3 Å². The lowest BCUT2D eigenvalue weighted by atomic mass is 10.3. The highest BCUT2D eigenvalue weighted by molar-refractivity contribution is 7.19. The van der Waals surface area contributed by atoms with Gasteiger partial charge in [0.05, 0.1) is 24.4 Å². The van der Waals surface area contributed by atoms with Crippen molar-refractivity contribution in [3.63, 3.8) is 0 Å². The van der Waals surface area contributed by atoms with Crippen molar-refractivity contribution in [3.05, 3.63) is 29.0 Å². The molecule has 19 heavy (non-hydrogen) atoms. The van der Waals surface area contributed by atoms with Gasteiger partial charge in [0, 0.05) is 6.08 Å². The lowest BCUT2D eigenvalue weighted by molar-refractivity contribution is -0.124. The van der Waals surface area contributed by atoms with Crippen LogP contribution in [0.5, 0.6) is 5.75 Å². The fourth-order valence-electron chi connectivity index (χ4n) is 1.48. The van der Waals surface area contributed by atoms with Crippen LogP contribution in [0.1, 0.15) is 5.01 Å². The first kappa shape index (κ1) is 13.7. The Hall–Kier alpha value is -1.76. The molecule has 0 aliphatic rings. The molecule has 0 amide bonds. The van der Waals surface area contributed by atoms with Gasteiger partial charge in [0.15, 0.2) is 0 Å². The summed E-state index contributed by atoms with van der Waals surface area (Å²) < 4.78 is 47.8. The van der Waals surface area contributed by atoms with Crippen LogP contribution in [-0.2, 0) is 4.74 Å². The van der Waals surface area contributed by atoms with Crippen molar-refractivity contribution < 1.29 is 22.6 Å². The first-order chi connectivity index (χ1) is 8.94. The predicted molar refractivity (Wildman–Crippen MR) is 67.2 cm³/mol. The molecule has 0 radical (unpaired) electrons. The molecule has 0 atom stereocenters. The Morgan fingerprint density at radius 2 is 2.05 bits per heavy atom. The normalized spacial score (nSPS) is 12.8. The van der Waals surface area contributed by atoms with Gasteiger partial charge in [-0.05, 0) is 18.2 Å². The fourth-order valence-corrected chi connectivity index (χ4v) is 2.41. The average molecular weight is 289 g/mol. The molecule has 0 spiro atoms. The zero-order chi connectivity index (χ0) is 14.0. The van der Waals surface area contributed by atoms with E-state index in [0.717, 1.165) is 29.2 Å². The third kappa shape index (κ3) is 2.98. The molecule has 0 aliphatic carbocycles. The lowest BCUT2D eigenvalue weighted by Gasteiger charge is -2.08. The number of hydrogen-bond acceptors (Lipinski definition) is 4. The van der Waals surface area contributed by atoms with Crippen LogP contribution >= 0.6 is 11.3 Å². The van der Waals surface area contributed by atoms with Gasteiger partial charge in [-0.15, -0.1) is 11.3 Å². The molecule has 0 saturated carbocycles. The molecule has 0 aliphatic heterocycles. The van der Waals surface area contributed by atoms with Gasteiger partial charge in [0.1, 0.15) is 10.8 Å². The van der Waals surface area contributed by atoms with Crippen molar-refractivity contribution in [2.45, 2.75) is 6.18 Å². The number of nitrogens with zero attached hydrogens (tertiary/aromatic N) is 1. The molecule has 0 bridgehead atoms. The Kier molecular flexibility index (Phi) is 3.66. The van der Waals surface area contributed by atoms with Gasteiger partial charge in [0.2, 0.25) is 5.76 Å². The Bertz CT molecular complexity index is 619. The molecule has 0 N–H and O–H groups in total. The number of allylic oxidation sites excluding steroid dienone is 1. The summed E-state index contributed by atoms with van der Waals surface area (Å²) >= 11 is 1.14. The second-order valence-electron chi connectivity index (χ2n) is 3.60. The number of thiazole rings is 1. The van der Waals surface area contributed by atoms with E-state index >= 15 is 0 Å². The molecule has 2 rings (SSSR count). The quantitative estimate of drug-likeness (QED) is 0.804. The smallest absolute Gasteiger partial charge is 0.448 e. The summed E-state index contributed by atoms with van der Waals surface area (Å²) in [7, 11) is 2.51. The van der Waals surface area contributed by atoms with Crippen LogP contribution in [0.15, 0.2) is 24.0 Å². The average Bonchev–Trinajstić information content (AvgIpc) is 2.75. The third-order valence-corrected chi connectivity index (χ3v) is 3.33. The minimum Gasteiger partial charge on any atom is -0.497 e. The highest BCUT2D eigenvalue weighted by atomic mass is 32.1. The number of fused-ring (bicyclic) bond motifs is 1. The van der Waals surface area contributed by atoms with Gasteiger partial charge in [-0.1, -0.05) is 0 Å². The summed E-state index contributed by atoms with van der Waals surface area (Å²) in [6, 6.07) is 5.13. The van der Waals surface area contributed by atoms with Gasteiger partial charge in [-0.2, -0.15) is 13.2 Å². The van der Waals surface area contributed by atoms with Gasteiger partial charge >= 0.3 is 6.18 Å². The zero-order valence-electron chi connectivity index (χ0n) is 10.1. The van der Waals surface area contributed by atoms with Crippen LogP contribution in [-0.4, -0.2) is 25.4 Å². The summed E-state index contributed by atoms with van der Waals surface area (Å²) in [4.78, 5) is 4.10. The Morgan fingerprint density at radius 1 is 1.32 bits per heavy atom. The molecular weight excluding hydrogens is 279 g/mol. The molecule has 0 unspecified atom stereocenters. The van der Waals surface area contributed by atoms with Crippen LogP contribution < -0.4 is 4.74 Å². The van der Waals surface area contributed by atoms with E-state index in [1.807, 2.05) is 0 Å². The number of alkyl halides is 3. The van der Waals surface area contributed by atoms with Crippen molar-refractivity contribution in [1.29, 1.82) is 0 Å². The van der Waals surface area contributed by atoms with Crippen LogP contribution in [0.4, 0.5) is 13.2 Å². The summed E-state index contributed by atoms with van der Waals surface area (Å²) in [5.41, 5.74) is 0.620. The van der Waals surface area contributed by atoms with Gasteiger partial charge in [0.25, 0.3) is 0 Å². The van der Waals surface area contributed by atoms with E-state index in [4.69, 9.17) is 4.74 Å². The number of aromatic nitrogens is 1. The molecule has 0 saturated heterocycles. The maximum Gasteiger partial charge on any atom is 0.448 e. The Morgan fingerprint density at radius 3 is 2.63 bits per heavy atom. The summed E-state index contributed by atoms with van der Waals surface area (Å²) in [5.74, 6) is -0.437. The number of hydrogen-bond donors (Lipinski definition) is 0. The van der Waals surface area contributed by atoms with Crippen molar-refractivity contribution >= 4 is 27.6 Å². The minimum atomic E-state index is -4.52. The number of halogens is 3. The number of methoxy groups -OCH3 is 2. The van der Waals surface area contributed by atoms with Gasteiger partial charge < -0.3 is 9.47 Å². The zero-order valence-corrected chi connectivity index (χ0v) is 10.9. The topological polar surface area (TPSA) is 31.4 Å². The van der Waals surface area contributed by atoms with Crippen LogP contribution in [0, 0.1) is 0 Å². The molecular formula is C12H10F3NO2S. The van der Waals surface area contributed by atoms with Crippen molar-refractivity contribution in [2.24, 2.45) is 0 Å². The Balaban J connectivity index is 2.43. The highest BCUT2D eigenvalue weighted by Crippen LogP contribution is 2.31. The van der Waals surface area contributed by atoms with Gasteiger partial charge in [-0.25, -0.2) is 4.98 Å². The van der Waals surface area contributed by atoms with Gasteiger partial charge in [-0.3, -0.25) is 0 Å². The number of ether oxygens (including phenoxy) is 2. The summed E-state index contributed by atoms with van der Waals surface area (Å²) in [6.07, 6.45) is -3.64. The van der Waals surface area contributed by atoms with E-state index in [2.05, 4.69) is 9.72 Å². The van der Waals surface area contributed by atoms with E-state index in [1.54, 1.807) is 18.2 Å². The predicted octanol–water partition coefficient (Wildman–Crippen LogP) is 3.85. The number of benzene rings is 1. The molecule has 1 heterocycles. The molecule has 0 fully saturated rings. The van der Waals surface area contributed by atoms with Crippen molar-refractivity contribution in [1.82, 2.24) is 4.98 Å². The molecule has 2 aromatic rings. The maximum absolute atomic E-state index is 12.5. The molecule has 1 aromatic carbocycles. The SMILES string of the molecule is CO/C(=C\c1nc2ccc(OC)cc2s1)C(F)(F)F. The fraction of sp³-hybridized carbons (Fsp3) is 0.250. The summed E-state index contributed by atoms with van der Waals surface area (Å²) in [5, 5.41) is 0.234. The van der Waals surface area contributed by atoms with E-state index in [0.29, 0.717) is 11.3 Å². The maximum atomic E-state index is 12.5. The van der Waals surface area contributed by atoms with Crippen molar-refractivity contribution in [2.75, 3.05) is 14.2 Å². The van der Waals surface area contributed by atoms with E-state index in [1.165, 1.54) is 7.11 Å². The monoisotopic (exact) mass is 289 g/mol. The standard InChI is InChI=1S/C12H10F3NO2S/c1-17-7-3-4-8-9(5-7)19-11(16-8)6-10(18-2)12(13,14)15/h3-6H,1-2H3/b10-6-. The number of rotatable bonds is 3. The second kappa shape index (κ2) is 5.08. The van der Waals surface area contributed by atoms with Crippen LogP contribution in [0.3, 0.4) is 0 Å². The molecule has 1 aromatic heterocycles. The highest BCUT2D eigenvalue weighted by Gasteiger charge is 2.35. The van der Waals surface area contributed by atoms with E-state index in [-0.39, 0.29) is 5.01 Å². The van der Waals surface area contributed by atoms with Crippen molar-refractivity contribution in [3.8, 4) is 5.75 Å². The van der Waals surface area contributed by atoms with E-state index < -0.39 is 11.9 Å². The molecule has 7 heteroatoms. The first-order valence-electron chi connectivity index (χ1n) is 5.21. The Labute approximate surface area is 111 Å². The molecule has 3 nitrogen and oxygen atoms in total. The molecule has 102 valence electrons. The largest absolute Gasteiger partial charge is 0.497 e. The summed E-state index contributed by atoms with van der Waals surface area (Å²) in [6.45, 7) is 0. The minimum absolute atomic E-state index is 0.234. The second-order valence-corrected chi connectivity index (χ2v) is 4.66.